The van der Waals surface area contributed by atoms with E-state index in [4.69, 9.17) is 0 Å². The molecule has 0 atom stereocenters. The van der Waals surface area contributed by atoms with Gasteiger partial charge in [0.1, 0.15) is 0 Å². The molecule has 1 aliphatic carbocycles. The van der Waals surface area contributed by atoms with Crippen molar-refractivity contribution < 1.29 is 9.59 Å². The van der Waals surface area contributed by atoms with Gasteiger partial charge in [0, 0.05) is 11.7 Å². The molecule has 0 aromatic heterocycles. The van der Waals surface area contributed by atoms with Crippen molar-refractivity contribution in [2.45, 2.75) is 58.4 Å². The van der Waals surface area contributed by atoms with Gasteiger partial charge in [-0.2, -0.15) is 0 Å². The highest BCUT2D eigenvalue weighted by molar-refractivity contribution is 6.02. The minimum Gasteiger partial charge on any atom is -0.307 e. The Kier molecular flexibility index (Phi) is 6.79. The molecule has 0 saturated heterocycles. The van der Waals surface area contributed by atoms with E-state index in [-0.39, 0.29) is 12.5 Å². The average molecular weight is 331 g/mol. The van der Waals surface area contributed by atoms with E-state index in [0.717, 1.165) is 29.7 Å². The van der Waals surface area contributed by atoms with Crippen molar-refractivity contribution in [1.29, 1.82) is 0 Å². The minimum absolute atomic E-state index is 0.255. The quantitative estimate of drug-likeness (QED) is 0.829. The zero-order chi connectivity index (χ0) is 17.5. The molecule has 0 unspecified atom stereocenters. The van der Waals surface area contributed by atoms with E-state index in [0.29, 0.717) is 6.04 Å². The normalized spacial score (nSPS) is 15.8. The molecule has 5 heteroatoms. The number of urea groups is 1. The lowest BCUT2D eigenvalue weighted by atomic mass is 10.1. The van der Waals surface area contributed by atoms with Gasteiger partial charge >= 0.3 is 6.03 Å². The van der Waals surface area contributed by atoms with Crippen LogP contribution in [0.15, 0.2) is 18.2 Å². The van der Waals surface area contributed by atoms with Crippen LogP contribution in [-0.4, -0.2) is 36.5 Å². The van der Waals surface area contributed by atoms with Gasteiger partial charge in [-0.3, -0.25) is 15.0 Å². The van der Waals surface area contributed by atoms with E-state index in [1.165, 1.54) is 25.7 Å². The van der Waals surface area contributed by atoms with Gasteiger partial charge in [0.25, 0.3) is 0 Å². The summed E-state index contributed by atoms with van der Waals surface area (Å²) in [6.07, 6.45) is 7.30. The Hall–Kier alpha value is -1.88. The number of nitrogens with one attached hydrogen (secondary N) is 2. The number of rotatable bonds is 4. The lowest BCUT2D eigenvalue weighted by Gasteiger charge is -2.26. The van der Waals surface area contributed by atoms with Crippen molar-refractivity contribution in [3.05, 3.63) is 29.3 Å². The van der Waals surface area contributed by atoms with Crippen LogP contribution < -0.4 is 10.6 Å². The van der Waals surface area contributed by atoms with Gasteiger partial charge in [-0.15, -0.1) is 0 Å². The van der Waals surface area contributed by atoms with E-state index in [9.17, 15) is 9.59 Å². The summed E-state index contributed by atoms with van der Waals surface area (Å²) in [6.45, 7) is 4.20. The third-order valence-corrected chi connectivity index (χ3v) is 4.95. The maximum atomic E-state index is 12.1. The topological polar surface area (TPSA) is 61.4 Å². The Morgan fingerprint density at radius 2 is 1.79 bits per heavy atom. The molecule has 2 rings (SSSR count). The standard InChI is InChI=1S/C19H29N3O2/c1-14-9-8-12-17(15(14)2)20-19(24)21-18(23)13-22(3)16-10-6-4-5-7-11-16/h8-9,12,16H,4-7,10-11,13H2,1-3H3,(H2,20,21,23,24). The molecule has 1 aromatic rings. The third-order valence-electron chi connectivity index (χ3n) is 4.95. The monoisotopic (exact) mass is 331 g/mol. The zero-order valence-corrected chi connectivity index (χ0v) is 15.0. The van der Waals surface area contributed by atoms with Crippen LogP contribution in [0.1, 0.15) is 49.7 Å². The summed E-state index contributed by atoms with van der Waals surface area (Å²) in [7, 11) is 1.97. The van der Waals surface area contributed by atoms with Crippen molar-refractivity contribution in [2.75, 3.05) is 18.9 Å². The van der Waals surface area contributed by atoms with Crippen LogP contribution in [0.2, 0.25) is 0 Å². The molecule has 0 aliphatic heterocycles. The molecule has 0 bridgehead atoms. The van der Waals surface area contributed by atoms with E-state index < -0.39 is 6.03 Å². The second-order valence-corrected chi connectivity index (χ2v) is 6.81. The van der Waals surface area contributed by atoms with Crippen LogP contribution in [0.3, 0.4) is 0 Å². The van der Waals surface area contributed by atoms with Crippen molar-refractivity contribution in [2.24, 2.45) is 0 Å². The van der Waals surface area contributed by atoms with Crippen LogP contribution in [0.25, 0.3) is 0 Å². The summed E-state index contributed by atoms with van der Waals surface area (Å²) in [5.74, 6) is -0.260. The molecule has 3 amide bonds. The maximum absolute atomic E-state index is 12.1. The lowest BCUT2D eigenvalue weighted by Crippen LogP contribution is -2.43. The van der Waals surface area contributed by atoms with Crippen molar-refractivity contribution in [1.82, 2.24) is 10.2 Å². The number of carbonyl (C=O) groups is 2. The van der Waals surface area contributed by atoms with E-state index >= 15 is 0 Å². The van der Waals surface area contributed by atoms with E-state index in [1.807, 2.05) is 39.1 Å². The number of imide groups is 1. The fourth-order valence-electron chi connectivity index (χ4n) is 3.26. The first-order chi connectivity index (χ1) is 11.5. The molecule has 1 fully saturated rings. The number of hydrogen-bond donors (Lipinski definition) is 2. The van der Waals surface area contributed by atoms with Crippen molar-refractivity contribution >= 4 is 17.6 Å². The molecule has 24 heavy (non-hydrogen) atoms. The second kappa shape index (κ2) is 8.83. The number of benzene rings is 1. The van der Waals surface area contributed by atoms with Gasteiger partial charge in [-0.25, -0.2) is 4.79 Å². The Labute approximate surface area is 144 Å². The number of aryl methyl sites for hydroxylation is 1. The molecule has 1 aliphatic rings. The molecule has 0 heterocycles. The van der Waals surface area contributed by atoms with E-state index in [2.05, 4.69) is 15.5 Å². The predicted octanol–water partition coefficient (Wildman–Crippen LogP) is 3.61. The molecule has 0 spiro atoms. The molecule has 1 saturated carbocycles. The maximum Gasteiger partial charge on any atom is 0.325 e. The first kappa shape index (κ1) is 18.5. The summed E-state index contributed by atoms with van der Waals surface area (Å²) < 4.78 is 0. The highest BCUT2D eigenvalue weighted by atomic mass is 16.2. The first-order valence-electron chi connectivity index (χ1n) is 8.84. The zero-order valence-electron chi connectivity index (χ0n) is 15.0. The Bertz CT molecular complexity index is 578. The van der Waals surface area contributed by atoms with Gasteiger partial charge in [0.2, 0.25) is 5.91 Å². The molecule has 2 N–H and O–H groups in total. The molecule has 1 aromatic carbocycles. The summed E-state index contributed by atoms with van der Waals surface area (Å²) in [5, 5.41) is 5.19. The van der Waals surface area contributed by atoms with Gasteiger partial charge in [0.05, 0.1) is 6.54 Å². The second-order valence-electron chi connectivity index (χ2n) is 6.81. The number of anilines is 1. The smallest absolute Gasteiger partial charge is 0.307 e. The Balaban J connectivity index is 1.82. The van der Waals surface area contributed by atoms with Gasteiger partial charge in [-0.05, 0) is 50.9 Å². The predicted molar refractivity (Wildman–Crippen MR) is 97.2 cm³/mol. The van der Waals surface area contributed by atoms with Crippen LogP contribution in [-0.2, 0) is 4.79 Å². The summed E-state index contributed by atoms with van der Waals surface area (Å²) in [4.78, 5) is 26.2. The third kappa shape index (κ3) is 5.34. The van der Waals surface area contributed by atoms with Crippen molar-refractivity contribution in [3.63, 3.8) is 0 Å². The Morgan fingerprint density at radius 1 is 1.12 bits per heavy atom. The van der Waals surface area contributed by atoms with Crippen LogP contribution in [0.4, 0.5) is 10.5 Å². The molecule has 5 nitrogen and oxygen atoms in total. The highest BCUT2D eigenvalue weighted by Crippen LogP contribution is 2.21. The molecule has 132 valence electrons. The number of hydrogen-bond acceptors (Lipinski definition) is 3. The summed E-state index contributed by atoms with van der Waals surface area (Å²) >= 11 is 0. The lowest BCUT2D eigenvalue weighted by molar-refractivity contribution is -0.121. The summed E-state index contributed by atoms with van der Waals surface area (Å²) in [6, 6.07) is 5.69. The fraction of sp³-hybridized carbons (Fsp3) is 0.579. The average Bonchev–Trinajstić information content (AvgIpc) is 2.81. The van der Waals surface area contributed by atoms with Gasteiger partial charge in [0.15, 0.2) is 0 Å². The highest BCUT2D eigenvalue weighted by Gasteiger charge is 2.20. The Morgan fingerprint density at radius 3 is 2.46 bits per heavy atom. The minimum atomic E-state index is -0.469. The van der Waals surface area contributed by atoms with Crippen LogP contribution in [0, 0.1) is 13.8 Å². The number of amides is 3. The van der Waals surface area contributed by atoms with E-state index in [1.54, 1.807) is 0 Å². The number of likely N-dealkylation sites (N-methyl/N-ethyl adjacent to an activating group) is 1. The molecular weight excluding hydrogens is 302 g/mol. The number of nitrogens with zero attached hydrogens (tertiary/aromatic N) is 1. The molecular formula is C19H29N3O2. The first-order valence-corrected chi connectivity index (χ1v) is 8.84. The van der Waals surface area contributed by atoms with Gasteiger partial charge < -0.3 is 5.32 Å². The van der Waals surface area contributed by atoms with Gasteiger partial charge in [-0.1, -0.05) is 37.8 Å². The van der Waals surface area contributed by atoms with Crippen molar-refractivity contribution in [3.8, 4) is 0 Å². The molecule has 0 radical (unpaired) electrons. The number of carbonyl (C=O) groups excluding carboxylic acids is 2. The summed E-state index contributed by atoms with van der Waals surface area (Å²) in [5.41, 5.74) is 2.85. The fourth-order valence-corrected chi connectivity index (χ4v) is 3.26. The van der Waals surface area contributed by atoms with Crippen LogP contribution in [0.5, 0.6) is 0 Å². The largest absolute Gasteiger partial charge is 0.325 e. The van der Waals surface area contributed by atoms with Crippen LogP contribution >= 0.6 is 0 Å². The SMILES string of the molecule is Cc1cccc(NC(=O)NC(=O)CN(C)C2CCCCCC2)c1C.